The number of thiazole rings is 2. The molecule has 1 saturated carbocycles. The standard InChI is InChI=1S/C68H77N13O8S3/c1-40(44-17-19-46(20-18-44)59-41(2)70-39-90-59)72-63(85)56-34-49(82)37-80(56)66(87)60(68(4,5)6)75-61(83)47-28-31-78(32-29-47)48-21-23-50(24-22-48)92(88,89)77-64(86)58-51(53-35-71-81(42(53)3)36-43-12-8-7-9-13-43)25-26-57(74-58)79-33-27-45-14-10-15-52(54(45)38-79)62(84)76-67-73-55-16-11-30-69-65(55)91-67/h10-11,14-26,30,35,39-40,43,47,49,56,60,82H,7-9,12-13,27-29,31-34,36-38H2,1-6H3,(H,72,85)(H,75,83)(H,77,86)(H,73,76,84)/t40-,49+,56-,60+/m0/s1. The first-order valence-corrected chi connectivity index (χ1v) is 34.8. The number of nitrogens with zero attached hydrogens (tertiary/aromatic N) is 9. The molecule has 0 bridgehead atoms. The number of carbonyl (C=O) groups is 5. The third kappa shape index (κ3) is 13.7. The number of aromatic nitrogens is 6. The van der Waals surface area contributed by atoms with Gasteiger partial charge in [0.15, 0.2) is 5.13 Å². The SMILES string of the molecule is Cc1ncsc1-c1ccc([C@H](C)NC(=O)[C@@H]2C[C@@H](O)CN2C(=O)[C@@H](NC(=O)C2CCN(c3ccc(S(=O)(=O)NC(=O)c4nc(N5CCc6cccc(C(=O)Nc7nc8cccnc8s7)c6C5)ccc4-c4cnn(CC5CCCCC5)c4C)cc3)CC2)C(C)(C)C)cc1. The van der Waals surface area contributed by atoms with Crippen LogP contribution in [0, 0.1) is 31.1 Å². The molecule has 1 aliphatic carbocycles. The maximum Gasteiger partial charge on any atom is 0.284 e. The van der Waals surface area contributed by atoms with Gasteiger partial charge in [-0.05, 0) is 141 Å². The van der Waals surface area contributed by atoms with Gasteiger partial charge in [-0.3, -0.25) is 34.0 Å². The maximum atomic E-state index is 14.7. The zero-order chi connectivity index (χ0) is 64.6. The molecule has 5 aromatic heterocycles. The van der Waals surface area contributed by atoms with E-state index in [1.165, 1.54) is 47.6 Å². The Morgan fingerprint density at radius 3 is 2.27 bits per heavy atom. The maximum absolute atomic E-state index is 14.7. The predicted octanol–water partition coefficient (Wildman–Crippen LogP) is 9.79. The Bertz CT molecular complexity index is 4150. The van der Waals surface area contributed by atoms with Crippen molar-refractivity contribution in [1.29, 1.82) is 0 Å². The van der Waals surface area contributed by atoms with E-state index in [1.807, 2.05) is 105 Å². The second-order valence-electron chi connectivity index (χ2n) is 25.8. The van der Waals surface area contributed by atoms with E-state index in [1.54, 1.807) is 54.1 Å². The molecule has 0 unspecified atom stereocenters. The van der Waals surface area contributed by atoms with Gasteiger partial charge in [-0.25, -0.2) is 33.1 Å². The number of nitrogens with one attached hydrogen (secondary N) is 4. The molecule has 4 aliphatic rings. The Morgan fingerprint density at radius 2 is 1.55 bits per heavy atom. The van der Waals surface area contributed by atoms with E-state index >= 15 is 0 Å². The average Bonchev–Trinajstić information content (AvgIpc) is 1.36. The summed E-state index contributed by atoms with van der Waals surface area (Å²) in [6.07, 6.45) is 9.83. The zero-order valence-corrected chi connectivity index (χ0v) is 55.0. The van der Waals surface area contributed by atoms with Gasteiger partial charge in [-0.15, -0.1) is 11.3 Å². The first-order chi connectivity index (χ1) is 44.1. The van der Waals surface area contributed by atoms with E-state index in [4.69, 9.17) is 10.1 Å². The molecule has 21 nitrogen and oxygen atoms in total. The van der Waals surface area contributed by atoms with Gasteiger partial charge in [0.25, 0.3) is 21.8 Å². The summed E-state index contributed by atoms with van der Waals surface area (Å²) in [5.41, 5.74) is 9.44. The van der Waals surface area contributed by atoms with Gasteiger partial charge in [0.1, 0.15) is 33.9 Å². The summed E-state index contributed by atoms with van der Waals surface area (Å²) in [6, 6.07) is 24.8. The Kier molecular flexibility index (Phi) is 18.4. The number of hydrogen-bond donors (Lipinski definition) is 5. The lowest BCUT2D eigenvalue weighted by Crippen LogP contribution is -2.59. The topological polar surface area (TPSA) is 267 Å². The number of pyridine rings is 2. The number of fused-ring (bicyclic) bond motifs is 2. The van der Waals surface area contributed by atoms with Gasteiger partial charge in [0.05, 0.1) is 39.3 Å². The van der Waals surface area contributed by atoms with Crippen molar-refractivity contribution >= 4 is 89.2 Å². The Balaban J connectivity index is 0.702. The highest BCUT2D eigenvalue weighted by Crippen LogP contribution is 2.36. The number of likely N-dealkylation sites (tertiary alicyclic amines) is 1. The number of hydrogen-bond acceptors (Lipinski definition) is 17. The van der Waals surface area contributed by atoms with Crippen LogP contribution in [0.5, 0.6) is 0 Å². The van der Waals surface area contributed by atoms with Crippen LogP contribution < -0.4 is 30.5 Å². The van der Waals surface area contributed by atoms with Crippen LogP contribution in [0.15, 0.2) is 114 Å². The number of anilines is 3. The molecule has 8 heterocycles. The molecule has 5 amide bonds. The smallest absolute Gasteiger partial charge is 0.284 e. The number of piperidine rings is 1. The highest BCUT2D eigenvalue weighted by molar-refractivity contribution is 7.90. The minimum absolute atomic E-state index is 0.0476. The Labute approximate surface area is 543 Å². The van der Waals surface area contributed by atoms with Crippen LogP contribution >= 0.6 is 22.7 Å². The summed E-state index contributed by atoms with van der Waals surface area (Å²) in [5.74, 6) is -1.89. The summed E-state index contributed by atoms with van der Waals surface area (Å²) in [6.45, 7) is 13.8. The Morgan fingerprint density at radius 1 is 0.793 bits per heavy atom. The monoisotopic (exact) mass is 1300 g/mol. The van der Waals surface area contributed by atoms with Crippen molar-refractivity contribution in [1.82, 2.24) is 50.0 Å². The van der Waals surface area contributed by atoms with E-state index in [2.05, 4.69) is 40.5 Å². The lowest BCUT2D eigenvalue weighted by Gasteiger charge is -2.38. The minimum atomic E-state index is -4.47. The van der Waals surface area contributed by atoms with Crippen molar-refractivity contribution in [2.75, 3.05) is 41.3 Å². The van der Waals surface area contributed by atoms with Crippen molar-refractivity contribution in [2.45, 2.75) is 142 Å². The number of β-amino-alcohol motifs (C(OH)–C–C–N with tert-alkyl or cyclic N) is 1. The van der Waals surface area contributed by atoms with Crippen molar-refractivity contribution in [3.63, 3.8) is 0 Å². The van der Waals surface area contributed by atoms with Crippen LogP contribution in [-0.2, 0) is 43.9 Å². The number of carbonyl (C=O) groups excluding carboxylic acids is 5. The molecule has 0 spiro atoms. The molecule has 0 radical (unpaired) electrons. The largest absolute Gasteiger partial charge is 0.391 e. The molecular weight excluding hydrogens is 1220 g/mol. The van der Waals surface area contributed by atoms with Crippen LogP contribution in [0.2, 0.25) is 0 Å². The van der Waals surface area contributed by atoms with E-state index in [9.17, 15) is 37.5 Å². The van der Waals surface area contributed by atoms with Crippen molar-refractivity contribution < 1.29 is 37.5 Å². The second-order valence-corrected chi connectivity index (χ2v) is 29.3. The predicted molar refractivity (Wildman–Crippen MR) is 356 cm³/mol. The zero-order valence-electron chi connectivity index (χ0n) is 52.5. The summed E-state index contributed by atoms with van der Waals surface area (Å²) in [4.78, 5) is 96.6. The van der Waals surface area contributed by atoms with Crippen molar-refractivity contribution in [3.05, 3.63) is 148 Å². The summed E-state index contributed by atoms with van der Waals surface area (Å²) in [7, 11) is -4.47. The fourth-order valence-corrected chi connectivity index (χ4v) is 15.8. The molecule has 12 rings (SSSR count). The fourth-order valence-electron chi connectivity index (χ4n) is 13.2. The highest BCUT2D eigenvalue weighted by atomic mass is 32.2. The molecule has 2 saturated heterocycles. The number of benzene rings is 3. The number of sulfonamides is 1. The van der Waals surface area contributed by atoms with Crippen LogP contribution in [0.1, 0.15) is 134 Å². The molecule has 480 valence electrons. The number of amides is 5. The molecule has 4 atom stereocenters. The quantitative estimate of drug-likeness (QED) is 0.0568. The summed E-state index contributed by atoms with van der Waals surface area (Å²) >= 11 is 2.85. The van der Waals surface area contributed by atoms with Crippen LogP contribution in [0.4, 0.5) is 16.6 Å². The van der Waals surface area contributed by atoms with Crippen LogP contribution in [0.25, 0.3) is 31.9 Å². The van der Waals surface area contributed by atoms with Gasteiger partial charge >= 0.3 is 0 Å². The van der Waals surface area contributed by atoms with Gasteiger partial charge in [-0.1, -0.05) is 87.8 Å². The first-order valence-electron chi connectivity index (χ1n) is 31.6. The van der Waals surface area contributed by atoms with E-state index in [0.717, 1.165) is 63.6 Å². The molecular formula is C68H77N13O8S3. The van der Waals surface area contributed by atoms with Crippen molar-refractivity contribution in [3.8, 4) is 21.6 Å². The second kappa shape index (κ2) is 26.6. The van der Waals surface area contributed by atoms with Crippen LogP contribution in [0.3, 0.4) is 0 Å². The molecule has 24 heteroatoms. The van der Waals surface area contributed by atoms with E-state index in [0.29, 0.717) is 89.3 Å². The van der Waals surface area contributed by atoms with Crippen LogP contribution in [-0.4, -0.2) is 122 Å². The van der Waals surface area contributed by atoms with Crippen molar-refractivity contribution in [2.24, 2.45) is 17.3 Å². The number of rotatable bonds is 17. The minimum Gasteiger partial charge on any atom is -0.391 e. The van der Waals surface area contributed by atoms with E-state index in [-0.39, 0.29) is 47.3 Å². The van der Waals surface area contributed by atoms with E-state index < -0.39 is 51.4 Å². The summed E-state index contributed by atoms with van der Waals surface area (Å²) < 4.78 is 32.9. The third-order valence-corrected chi connectivity index (χ3v) is 21.7. The third-order valence-electron chi connectivity index (χ3n) is 18.5. The lowest BCUT2D eigenvalue weighted by molar-refractivity contribution is -0.144. The van der Waals surface area contributed by atoms with Gasteiger partial charge in [-0.2, -0.15) is 5.10 Å². The van der Waals surface area contributed by atoms with Gasteiger partial charge in [0, 0.05) is 85.9 Å². The lowest BCUT2D eigenvalue weighted by atomic mass is 9.84. The first kappa shape index (κ1) is 63.7. The number of aryl methyl sites for hydroxylation is 1. The highest BCUT2D eigenvalue weighted by Gasteiger charge is 2.45. The van der Waals surface area contributed by atoms with Gasteiger partial charge in [0.2, 0.25) is 17.7 Å². The molecule has 92 heavy (non-hydrogen) atoms. The molecule has 5 N–H and O–H groups in total. The normalized spacial score (nSPS) is 18.1. The molecule has 3 aromatic carbocycles. The molecule has 3 aliphatic heterocycles. The summed E-state index contributed by atoms with van der Waals surface area (Å²) in [5, 5.41) is 25.1. The molecule has 8 aromatic rings. The fraction of sp³-hybridized carbons (Fsp3) is 0.412. The molecule has 3 fully saturated rings. The van der Waals surface area contributed by atoms with Gasteiger partial charge < -0.3 is 30.4 Å². The average molecular weight is 1300 g/mol. The number of aliphatic hydroxyl groups excluding tert-OH is 1. The Hall–Kier alpha value is -8.45. The number of aliphatic hydroxyl groups is 1.